The normalized spacial score (nSPS) is 25.4. The number of hydrogen-bond donors (Lipinski definition) is 4. The van der Waals surface area contributed by atoms with Crippen LogP contribution in [0.15, 0.2) is 36.1 Å². The third-order valence-electron chi connectivity index (χ3n) is 6.49. The molecule has 0 saturated carbocycles. The van der Waals surface area contributed by atoms with Crippen LogP contribution in [0.2, 0.25) is 0 Å². The minimum atomic E-state index is -1.60. The van der Waals surface area contributed by atoms with Gasteiger partial charge in [0.2, 0.25) is 12.1 Å². The Morgan fingerprint density at radius 1 is 0.865 bits per heavy atom. The highest BCUT2D eigenvalue weighted by atomic mass is 16.7. The van der Waals surface area contributed by atoms with E-state index in [2.05, 4.69) is 0 Å². The van der Waals surface area contributed by atoms with E-state index in [1.807, 2.05) is 0 Å². The second kappa shape index (κ2) is 11.0. The van der Waals surface area contributed by atoms with E-state index in [1.54, 1.807) is 24.3 Å². The number of ketones is 1. The van der Waals surface area contributed by atoms with Crippen LogP contribution in [0.25, 0.3) is 5.57 Å². The number of carbonyl (C=O) groups excluding carboxylic acids is 1. The first-order chi connectivity index (χ1) is 17.8. The number of aliphatic hydroxyl groups is 4. The summed E-state index contributed by atoms with van der Waals surface area (Å²) in [6.45, 7) is -0.591. The van der Waals surface area contributed by atoms with E-state index in [0.29, 0.717) is 33.8 Å². The molecule has 0 bridgehead atoms. The van der Waals surface area contributed by atoms with E-state index >= 15 is 0 Å². The molecule has 2 aromatic carbocycles. The van der Waals surface area contributed by atoms with Crippen molar-refractivity contribution in [3.8, 4) is 23.0 Å². The maximum atomic E-state index is 13.5. The van der Waals surface area contributed by atoms with Gasteiger partial charge in [-0.05, 0) is 29.3 Å². The van der Waals surface area contributed by atoms with Crippen molar-refractivity contribution in [3.63, 3.8) is 0 Å². The van der Waals surface area contributed by atoms with E-state index in [9.17, 15) is 25.2 Å². The van der Waals surface area contributed by atoms with Crippen molar-refractivity contribution < 1.29 is 53.6 Å². The predicted octanol–water partition coefficient (Wildman–Crippen LogP) is 0.688. The maximum Gasteiger partial charge on any atom is 0.231 e. The van der Waals surface area contributed by atoms with Crippen molar-refractivity contribution in [2.75, 3.05) is 35.0 Å². The summed E-state index contributed by atoms with van der Waals surface area (Å²) < 4.78 is 33.0. The summed E-state index contributed by atoms with van der Waals surface area (Å²) in [5, 5.41) is 39.9. The summed E-state index contributed by atoms with van der Waals surface area (Å²) >= 11 is 0. The first-order valence-corrected chi connectivity index (χ1v) is 11.5. The van der Waals surface area contributed by atoms with E-state index in [-0.39, 0.29) is 29.5 Å². The van der Waals surface area contributed by atoms with Crippen LogP contribution in [-0.2, 0) is 15.9 Å². The van der Waals surface area contributed by atoms with Gasteiger partial charge in [0.05, 0.1) is 40.6 Å². The van der Waals surface area contributed by atoms with Gasteiger partial charge in [-0.25, -0.2) is 0 Å². The van der Waals surface area contributed by atoms with Crippen LogP contribution in [0.3, 0.4) is 0 Å². The number of rotatable bonds is 8. The molecular formula is C26H30O11. The van der Waals surface area contributed by atoms with Crippen LogP contribution >= 0.6 is 0 Å². The van der Waals surface area contributed by atoms with E-state index in [4.69, 9.17) is 28.4 Å². The fourth-order valence-corrected chi connectivity index (χ4v) is 4.56. The van der Waals surface area contributed by atoms with Gasteiger partial charge in [-0.2, -0.15) is 0 Å². The quantitative estimate of drug-likeness (QED) is 0.390. The third-order valence-corrected chi connectivity index (χ3v) is 6.49. The van der Waals surface area contributed by atoms with Crippen molar-refractivity contribution in [3.05, 3.63) is 52.8 Å². The summed E-state index contributed by atoms with van der Waals surface area (Å²) in [5.74, 6) is 1.18. The number of allylic oxidation sites excluding steroid dienone is 2. The number of carbonyl (C=O) groups is 1. The van der Waals surface area contributed by atoms with E-state index < -0.39 is 37.3 Å². The first kappa shape index (κ1) is 26.7. The molecule has 200 valence electrons. The summed E-state index contributed by atoms with van der Waals surface area (Å²) in [4.78, 5) is 13.5. The summed E-state index contributed by atoms with van der Waals surface area (Å²) in [6.07, 6.45) is -6.97. The average molecular weight is 519 g/mol. The fourth-order valence-electron chi connectivity index (χ4n) is 4.56. The first-order valence-electron chi connectivity index (χ1n) is 11.5. The molecule has 4 rings (SSSR count). The van der Waals surface area contributed by atoms with Gasteiger partial charge in [0.15, 0.2) is 17.3 Å². The molecule has 1 aliphatic carbocycles. The van der Waals surface area contributed by atoms with Gasteiger partial charge in [-0.15, -0.1) is 0 Å². The molecule has 0 amide bonds. The van der Waals surface area contributed by atoms with Crippen LogP contribution in [0.5, 0.6) is 23.0 Å². The number of aliphatic hydroxyl groups excluding tert-OH is 4. The SMILES string of the molecule is COC1=C(c2ccc(OC)c(OC)c2)Cc2cc(O[C@H]3O[C@H](CO)[C@H](O)[C@@H](O)[C@H]3O)cc(OC)c2C1=O. The number of hydrogen-bond acceptors (Lipinski definition) is 11. The summed E-state index contributed by atoms with van der Waals surface area (Å²) in [7, 11) is 5.87. The molecule has 4 N–H and O–H groups in total. The Labute approximate surface area is 213 Å². The molecule has 2 aliphatic rings. The molecule has 2 aromatic rings. The van der Waals surface area contributed by atoms with Crippen LogP contribution in [0.1, 0.15) is 21.5 Å². The van der Waals surface area contributed by atoms with Gasteiger partial charge in [0.25, 0.3) is 0 Å². The molecule has 5 atom stereocenters. The molecule has 1 saturated heterocycles. The molecular weight excluding hydrogens is 488 g/mol. The number of fused-ring (bicyclic) bond motifs is 1. The maximum absolute atomic E-state index is 13.5. The Morgan fingerprint density at radius 3 is 2.19 bits per heavy atom. The Balaban J connectivity index is 1.72. The molecule has 1 heterocycles. The van der Waals surface area contributed by atoms with Crippen molar-refractivity contribution in [2.24, 2.45) is 0 Å². The van der Waals surface area contributed by atoms with Crippen molar-refractivity contribution in [1.82, 2.24) is 0 Å². The second-order valence-electron chi connectivity index (χ2n) is 8.56. The van der Waals surface area contributed by atoms with E-state index in [0.717, 1.165) is 0 Å². The van der Waals surface area contributed by atoms with Crippen LogP contribution in [-0.4, -0.2) is 92.0 Å². The van der Waals surface area contributed by atoms with Gasteiger partial charge in [-0.1, -0.05) is 6.07 Å². The lowest BCUT2D eigenvalue weighted by atomic mass is 9.85. The van der Waals surface area contributed by atoms with Crippen LogP contribution in [0, 0.1) is 0 Å². The van der Waals surface area contributed by atoms with Gasteiger partial charge in [-0.3, -0.25) is 4.79 Å². The zero-order chi connectivity index (χ0) is 26.9. The molecule has 37 heavy (non-hydrogen) atoms. The number of ether oxygens (including phenoxy) is 6. The average Bonchev–Trinajstić information content (AvgIpc) is 2.92. The molecule has 0 unspecified atom stereocenters. The highest BCUT2D eigenvalue weighted by Gasteiger charge is 2.45. The lowest BCUT2D eigenvalue weighted by Gasteiger charge is -2.39. The summed E-state index contributed by atoms with van der Waals surface area (Å²) in [6, 6.07) is 8.32. The number of benzene rings is 2. The lowest BCUT2D eigenvalue weighted by Crippen LogP contribution is -2.60. The molecule has 11 heteroatoms. The Morgan fingerprint density at radius 2 is 1.57 bits per heavy atom. The van der Waals surface area contributed by atoms with Gasteiger partial charge in [0.1, 0.15) is 35.9 Å². The minimum absolute atomic E-state index is 0.153. The smallest absolute Gasteiger partial charge is 0.231 e. The zero-order valence-electron chi connectivity index (χ0n) is 20.8. The van der Waals surface area contributed by atoms with Crippen molar-refractivity contribution >= 4 is 11.4 Å². The van der Waals surface area contributed by atoms with Crippen LogP contribution in [0.4, 0.5) is 0 Å². The van der Waals surface area contributed by atoms with Gasteiger partial charge < -0.3 is 48.8 Å². The fraction of sp³-hybridized carbons (Fsp3) is 0.423. The third kappa shape index (κ3) is 4.83. The molecule has 11 nitrogen and oxygen atoms in total. The molecule has 0 radical (unpaired) electrons. The minimum Gasteiger partial charge on any atom is -0.496 e. The molecule has 0 spiro atoms. The van der Waals surface area contributed by atoms with E-state index in [1.165, 1.54) is 34.5 Å². The monoisotopic (exact) mass is 518 g/mol. The van der Waals surface area contributed by atoms with Gasteiger partial charge >= 0.3 is 0 Å². The number of methoxy groups -OCH3 is 4. The van der Waals surface area contributed by atoms with Gasteiger partial charge in [0, 0.05) is 18.1 Å². The van der Waals surface area contributed by atoms with Crippen molar-refractivity contribution in [1.29, 1.82) is 0 Å². The number of Topliss-reactive ketones (excluding diaryl/α,β-unsaturated/α-hetero) is 1. The van der Waals surface area contributed by atoms with Crippen molar-refractivity contribution in [2.45, 2.75) is 37.1 Å². The predicted molar refractivity (Wildman–Crippen MR) is 129 cm³/mol. The molecule has 1 aliphatic heterocycles. The second-order valence-corrected chi connectivity index (χ2v) is 8.56. The highest BCUT2D eigenvalue weighted by Crippen LogP contribution is 2.41. The summed E-state index contributed by atoms with van der Waals surface area (Å²) in [5.41, 5.74) is 2.15. The molecule has 0 aromatic heterocycles. The standard InChI is InChI=1S/C26H30O11/c1-32-16-6-5-12(9-17(16)33-2)15-8-13-7-14(10-18(34-3)20(13)22(29)25(15)35-4)36-26-24(31)23(30)21(28)19(11-27)37-26/h5-7,9-10,19,21,23-24,26-28,30-31H,8,11H2,1-4H3/t19-,21+,23-,24-,26+/m1/s1. The largest absolute Gasteiger partial charge is 0.496 e. The Hall–Kier alpha value is -3.35. The highest BCUT2D eigenvalue weighted by molar-refractivity contribution is 6.16. The lowest BCUT2D eigenvalue weighted by molar-refractivity contribution is -0.277. The Kier molecular flexibility index (Phi) is 7.90. The van der Waals surface area contributed by atoms with Crippen LogP contribution < -0.4 is 18.9 Å². The zero-order valence-corrected chi connectivity index (χ0v) is 20.8. The molecule has 1 fully saturated rings. The topological polar surface area (TPSA) is 153 Å². The Bertz CT molecular complexity index is 1190.